The molecule has 2 rings (SSSR count). The van der Waals surface area contributed by atoms with Crippen LogP contribution in [0.5, 0.6) is 11.5 Å². The molecule has 0 aliphatic carbocycles. The normalized spacial score (nSPS) is 10.7. The van der Waals surface area contributed by atoms with E-state index in [1.54, 1.807) is 0 Å². The zero-order chi connectivity index (χ0) is 17.7. The Kier molecular flexibility index (Phi) is 5.96. The molecule has 0 aliphatic heterocycles. The number of nitrogen functional groups attached to an aromatic ring is 2. The van der Waals surface area contributed by atoms with Gasteiger partial charge in [-0.2, -0.15) is 0 Å². The van der Waals surface area contributed by atoms with E-state index in [2.05, 4.69) is 27.7 Å². The van der Waals surface area contributed by atoms with Gasteiger partial charge in [-0.25, -0.2) is 0 Å². The summed E-state index contributed by atoms with van der Waals surface area (Å²) in [5, 5.41) is 0. The van der Waals surface area contributed by atoms with Crippen molar-refractivity contribution >= 4 is 11.4 Å². The summed E-state index contributed by atoms with van der Waals surface area (Å²) in [5.41, 5.74) is 17.9. The highest BCUT2D eigenvalue weighted by Crippen LogP contribution is 2.37. The van der Waals surface area contributed by atoms with Crippen molar-refractivity contribution in [1.82, 2.24) is 0 Å². The molecule has 0 aliphatic rings. The number of nitrogens with two attached hydrogens (primary N) is 2. The average molecular weight is 328 g/mol. The lowest BCUT2D eigenvalue weighted by atomic mass is 9.95. The van der Waals surface area contributed by atoms with Crippen LogP contribution >= 0.6 is 0 Å². The quantitative estimate of drug-likeness (QED) is 0.722. The highest BCUT2D eigenvalue weighted by atomic mass is 16.5. The fraction of sp³-hybridized carbons (Fsp3) is 0.400. The molecule has 4 heteroatoms. The van der Waals surface area contributed by atoms with Crippen LogP contribution < -0.4 is 20.9 Å². The van der Waals surface area contributed by atoms with E-state index in [1.807, 2.05) is 24.3 Å². The number of anilines is 2. The minimum atomic E-state index is 0.651. The number of rotatable bonds is 7. The van der Waals surface area contributed by atoms with E-state index in [0.717, 1.165) is 46.6 Å². The van der Waals surface area contributed by atoms with Gasteiger partial charge in [0.2, 0.25) is 0 Å². The van der Waals surface area contributed by atoms with Gasteiger partial charge in [-0.1, -0.05) is 13.8 Å². The van der Waals surface area contributed by atoms with E-state index in [9.17, 15) is 0 Å². The summed E-state index contributed by atoms with van der Waals surface area (Å²) in [5.74, 6) is 1.45. The molecule has 2 aromatic rings. The first-order valence-electron chi connectivity index (χ1n) is 8.54. The topological polar surface area (TPSA) is 70.5 Å². The van der Waals surface area contributed by atoms with Gasteiger partial charge in [0, 0.05) is 0 Å². The molecular formula is C20H28N2O2. The monoisotopic (exact) mass is 328 g/mol. The van der Waals surface area contributed by atoms with Gasteiger partial charge in [0.15, 0.2) is 0 Å². The van der Waals surface area contributed by atoms with Crippen molar-refractivity contribution in [2.45, 2.75) is 40.5 Å². The lowest BCUT2D eigenvalue weighted by Crippen LogP contribution is -2.02. The molecule has 0 aromatic heterocycles. The van der Waals surface area contributed by atoms with Crippen LogP contribution in [0.15, 0.2) is 24.3 Å². The standard InChI is InChI=1S/C20H28N2O2/c1-5-7-23-19-11-15(13(3)9-17(19)21)16-12-20(24-8-6-2)18(22)10-14(16)4/h9-12H,5-8,21-22H2,1-4H3. The maximum Gasteiger partial charge on any atom is 0.142 e. The van der Waals surface area contributed by atoms with E-state index in [-0.39, 0.29) is 0 Å². The Bertz CT molecular complexity index is 650. The molecule has 0 saturated carbocycles. The van der Waals surface area contributed by atoms with Gasteiger partial charge in [0.1, 0.15) is 11.5 Å². The van der Waals surface area contributed by atoms with Crippen molar-refractivity contribution in [3.8, 4) is 22.6 Å². The maximum atomic E-state index is 6.10. The molecule has 0 bridgehead atoms. The van der Waals surface area contributed by atoms with Gasteiger partial charge in [-0.15, -0.1) is 0 Å². The summed E-state index contributed by atoms with van der Waals surface area (Å²) >= 11 is 0. The van der Waals surface area contributed by atoms with Gasteiger partial charge in [0.25, 0.3) is 0 Å². The Morgan fingerprint density at radius 3 is 1.42 bits per heavy atom. The minimum Gasteiger partial charge on any atom is -0.491 e. The molecule has 0 heterocycles. The van der Waals surface area contributed by atoms with Crippen molar-refractivity contribution in [1.29, 1.82) is 0 Å². The zero-order valence-corrected chi connectivity index (χ0v) is 15.1. The third-order valence-electron chi connectivity index (χ3n) is 3.93. The zero-order valence-electron chi connectivity index (χ0n) is 15.1. The molecule has 0 spiro atoms. The van der Waals surface area contributed by atoms with E-state index in [0.29, 0.717) is 24.6 Å². The van der Waals surface area contributed by atoms with Crippen LogP contribution in [0.4, 0.5) is 11.4 Å². The number of hydrogen-bond acceptors (Lipinski definition) is 4. The molecule has 4 N–H and O–H groups in total. The van der Waals surface area contributed by atoms with Crippen molar-refractivity contribution < 1.29 is 9.47 Å². The molecule has 0 saturated heterocycles. The molecular weight excluding hydrogens is 300 g/mol. The molecule has 0 radical (unpaired) electrons. The van der Waals surface area contributed by atoms with E-state index in [4.69, 9.17) is 20.9 Å². The predicted octanol–water partition coefficient (Wildman–Crippen LogP) is 4.71. The summed E-state index contributed by atoms with van der Waals surface area (Å²) in [6.07, 6.45) is 1.89. The highest BCUT2D eigenvalue weighted by Gasteiger charge is 2.13. The van der Waals surface area contributed by atoms with Gasteiger partial charge in [-0.05, 0) is 73.2 Å². The summed E-state index contributed by atoms with van der Waals surface area (Å²) in [7, 11) is 0. The fourth-order valence-corrected chi connectivity index (χ4v) is 2.68. The van der Waals surface area contributed by atoms with Crippen LogP contribution in [-0.4, -0.2) is 13.2 Å². The molecule has 0 fully saturated rings. The molecule has 130 valence electrons. The Morgan fingerprint density at radius 1 is 0.708 bits per heavy atom. The Hall–Kier alpha value is -2.36. The van der Waals surface area contributed by atoms with E-state index in [1.165, 1.54) is 0 Å². The predicted molar refractivity (Wildman–Crippen MR) is 102 cm³/mol. The average Bonchev–Trinajstić information content (AvgIpc) is 2.54. The molecule has 24 heavy (non-hydrogen) atoms. The third kappa shape index (κ3) is 3.94. The van der Waals surface area contributed by atoms with Gasteiger partial charge in [0.05, 0.1) is 24.6 Å². The molecule has 0 atom stereocenters. The second kappa shape index (κ2) is 7.95. The Balaban J connectivity index is 2.50. The maximum absolute atomic E-state index is 6.10. The molecule has 2 aromatic carbocycles. The molecule has 4 nitrogen and oxygen atoms in total. The van der Waals surface area contributed by atoms with Crippen LogP contribution in [-0.2, 0) is 0 Å². The number of hydrogen-bond donors (Lipinski definition) is 2. The van der Waals surface area contributed by atoms with Gasteiger partial charge >= 0.3 is 0 Å². The second-order valence-electron chi connectivity index (χ2n) is 6.11. The Morgan fingerprint density at radius 2 is 1.08 bits per heavy atom. The van der Waals surface area contributed by atoms with Crippen molar-refractivity contribution in [2.75, 3.05) is 24.7 Å². The summed E-state index contributed by atoms with van der Waals surface area (Å²) in [4.78, 5) is 0. The summed E-state index contributed by atoms with van der Waals surface area (Å²) in [6, 6.07) is 7.95. The van der Waals surface area contributed by atoms with Crippen LogP contribution in [0.3, 0.4) is 0 Å². The number of benzene rings is 2. The second-order valence-corrected chi connectivity index (χ2v) is 6.11. The van der Waals surface area contributed by atoms with E-state index >= 15 is 0 Å². The first kappa shape index (κ1) is 18.0. The van der Waals surface area contributed by atoms with Crippen LogP contribution in [0, 0.1) is 13.8 Å². The highest BCUT2D eigenvalue weighted by molar-refractivity contribution is 5.79. The minimum absolute atomic E-state index is 0.651. The fourth-order valence-electron chi connectivity index (χ4n) is 2.68. The smallest absolute Gasteiger partial charge is 0.142 e. The van der Waals surface area contributed by atoms with Crippen molar-refractivity contribution in [3.05, 3.63) is 35.4 Å². The van der Waals surface area contributed by atoms with E-state index < -0.39 is 0 Å². The summed E-state index contributed by atoms with van der Waals surface area (Å²) < 4.78 is 11.6. The van der Waals surface area contributed by atoms with Crippen molar-refractivity contribution in [3.63, 3.8) is 0 Å². The largest absolute Gasteiger partial charge is 0.491 e. The molecule has 0 unspecified atom stereocenters. The van der Waals surface area contributed by atoms with Crippen LogP contribution in [0.1, 0.15) is 37.8 Å². The lowest BCUT2D eigenvalue weighted by Gasteiger charge is -2.17. The van der Waals surface area contributed by atoms with Crippen LogP contribution in [0.25, 0.3) is 11.1 Å². The first-order valence-corrected chi connectivity index (χ1v) is 8.54. The first-order chi connectivity index (χ1) is 11.5. The number of aryl methyl sites for hydroxylation is 2. The lowest BCUT2D eigenvalue weighted by molar-refractivity contribution is 0.318. The Labute approximate surface area is 144 Å². The molecule has 0 amide bonds. The SMILES string of the molecule is CCCOc1cc(-c2cc(OCCC)c(N)cc2C)c(C)cc1N. The number of ether oxygens (including phenoxy) is 2. The third-order valence-corrected chi connectivity index (χ3v) is 3.93. The van der Waals surface area contributed by atoms with Crippen molar-refractivity contribution in [2.24, 2.45) is 0 Å². The van der Waals surface area contributed by atoms with Gasteiger partial charge in [-0.3, -0.25) is 0 Å². The summed E-state index contributed by atoms with van der Waals surface area (Å²) in [6.45, 7) is 9.56. The van der Waals surface area contributed by atoms with Crippen LogP contribution in [0.2, 0.25) is 0 Å². The van der Waals surface area contributed by atoms with Gasteiger partial charge < -0.3 is 20.9 Å².